The van der Waals surface area contributed by atoms with Crippen molar-refractivity contribution in [3.05, 3.63) is 64.6 Å². The van der Waals surface area contributed by atoms with Gasteiger partial charge in [-0.05, 0) is 61.6 Å². The first-order valence-corrected chi connectivity index (χ1v) is 12.6. The number of aryl methyl sites for hydroxylation is 1. The van der Waals surface area contributed by atoms with Gasteiger partial charge in [0.1, 0.15) is 5.82 Å². The Morgan fingerprint density at radius 2 is 1.85 bits per heavy atom. The first kappa shape index (κ1) is 24.3. The van der Waals surface area contributed by atoms with E-state index in [-0.39, 0.29) is 16.8 Å². The molecule has 0 spiro atoms. The number of fused-ring (bicyclic) bond motifs is 3. The summed E-state index contributed by atoms with van der Waals surface area (Å²) in [6, 6.07) is 6.11. The lowest BCUT2D eigenvalue weighted by atomic mass is 9.84. The number of carboxylic acids is 1. The molecule has 5 nitrogen and oxygen atoms in total. The number of sulfone groups is 1. The van der Waals surface area contributed by atoms with Crippen molar-refractivity contribution in [1.29, 1.82) is 0 Å². The highest BCUT2D eigenvalue weighted by Gasteiger charge is 2.34. The van der Waals surface area contributed by atoms with Crippen LogP contribution in [0.15, 0.2) is 41.3 Å². The molecule has 0 saturated carbocycles. The Bertz CT molecular complexity index is 1370. The summed E-state index contributed by atoms with van der Waals surface area (Å²) in [5, 5.41) is 9.87. The van der Waals surface area contributed by atoms with Gasteiger partial charge < -0.3 is 9.67 Å². The summed E-state index contributed by atoms with van der Waals surface area (Å²) >= 11 is 0. The minimum Gasteiger partial charge on any atom is -0.481 e. The number of alkyl halides is 3. The maximum Gasteiger partial charge on any atom is 0.416 e. The number of carbonyl (C=O) groups is 1. The van der Waals surface area contributed by atoms with E-state index in [0.29, 0.717) is 41.5 Å². The fourth-order valence-corrected chi connectivity index (χ4v) is 5.90. The summed E-state index contributed by atoms with van der Waals surface area (Å²) < 4.78 is 80.7. The maximum atomic E-state index is 14.5. The van der Waals surface area contributed by atoms with Gasteiger partial charge >= 0.3 is 12.1 Å². The van der Waals surface area contributed by atoms with Crippen molar-refractivity contribution in [2.75, 3.05) is 6.26 Å². The number of hydrogen-bond acceptors (Lipinski definition) is 3. The van der Waals surface area contributed by atoms with Crippen LogP contribution in [-0.2, 0) is 27.2 Å². The quantitative estimate of drug-likeness (QED) is 0.459. The normalized spacial score (nSPS) is 17.5. The molecule has 0 fully saturated rings. The molecule has 0 aliphatic heterocycles. The van der Waals surface area contributed by atoms with Crippen LogP contribution < -0.4 is 0 Å². The first-order valence-electron chi connectivity index (χ1n) is 10.7. The van der Waals surface area contributed by atoms with Crippen molar-refractivity contribution in [3.63, 3.8) is 0 Å². The van der Waals surface area contributed by atoms with E-state index in [1.807, 2.05) is 0 Å². The molecule has 10 heteroatoms. The zero-order valence-corrected chi connectivity index (χ0v) is 19.3. The highest BCUT2D eigenvalue weighted by Crippen LogP contribution is 2.45. The fourth-order valence-electron chi connectivity index (χ4n) is 5.02. The Morgan fingerprint density at radius 3 is 2.41 bits per heavy atom. The van der Waals surface area contributed by atoms with Crippen LogP contribution in [0.2, 0.25) is 0 Å². The number of aromatic nitrogens is 1. The van der Waals surface area contributed by atoms with Crippen LogP contribution in [0.4, 0.5) is 17.6 Å². The number of nitrogens with zero attached hydrogens (tertiary/aromatic N) is 1. The van der Waals surface area contributed by atoms with Crippen LogP contribution in [0.3, 0.4) is 0 Å². The predicted molar refractivity (Wildman–Crippen MR) is 118 cm³/mol. The van der Waals surface area contributed by atoms with Gasteiger partial charge in [0, 0.05) is 23.3 Å². The van der Waals surface area contributed by atoms with Gasteiger partial charge in [-0.1, -0.05) is 12.1 Å². The summed E-state index contributed by atoms with van der Waals surface area (Å²) in [6.45, 7) is 1.71. The third-order valence-electron chi connectivity index (χ3n) is 6.47. The van der Waals surface area contributed by atoms with Gasteiger partial charge in [0.2, 0.25) is 0 Å². The number of benzene rings is 2. The molecule has 0 unspecified atom stereocenters. The van der Waals surface area contributed by atoms with Gasteiger partial charge in [0.25, 0.3) is 0 Å². The molecular weight excluding hydrogens is 474 g/mol. The van der Waals surface area contributed by atoms with Gasteiger partial charge in [-0.3, -0.25) is 4.79 Å². The van der Waals surface area contributed by atoms with Gasteiger partial charge in [-0.15, -0.1) is 0 Å². The predicted octanol–water partition coefficient (Wildman–Crippen LogP) is 5.71. The van der Waals surface area contributed by atoms with Crippen LogP contribution >= 0.6 is 0 Å². The topological polar surface area (TPSA) is 76.4 Å². The molecule has 1 aromatic heterocycles. The number of halogens is 4. The summed E-state index contributed by atoms with van der Waals surface area (Å²) in [4.78, 5) is 11.4. The molecule has 2 atom stereocenters. The summed E-state index contributed by atoms with van der Waals surface area (Å²) in [5.41, 5.74) is 1.21. The molecule has 3 aromatic rings. The lowest BCUT2D eigenvalue weighted by Crippen LogP contribution is -2.20. The van der Waals surface area contributed by atoms with Gasteiger partial charge in [0.05, 0.1) is 28.4 Å². The van der Waals surface area contributed by atoms with E-state index in [0.717, 1.165) is 24.5 Å². The lowest BCUT2D eigenvalue weighted by molar-refractivity contribution is -0.138. The molecule has 2 aromatic carbocycles. The third-order valence-corrected chi connectivity index (χ3v) is 7.58. The molecule has 1 aliphatic carbocycles. The molecule has 0 radical (unpaired) electrons. The Balaban J connectivity index is 2.04. The largest absolute Gasteiger partial charge is 0.481 e. The second-order valence-corrected chi connectivity index (χ2v) is 10.8. The van der Waals surface area contributed by atoms with E-state index in [1.165, 1.54) is 18.2 Å². The molecule has 182 valence electrons. The van der Waals surface area contributed by atoms with Crippen molar-refractivity contribution < 1.29 is 35.9 Å². The second kappa shape index (κ2) is 8.41. The average molecular weight is 498 g/mol. The first-order chi connectivity index (χ1) is 15.8. The van der Waals surface area contributed by atoms with E-state index < -0.39 is 45.3 Å². The highest BCUT2D eigenvalue weighted by molar-refractivity contribution is 7.91. The Labute approximate surface area is 193 Å². The SMILES string of the molecule is C[C@@H](c1ccc(C(F)(F)F)cc1)n1c2c(c3cc(F)cc(S(C)(=O)=O)c31)CCC[C@@H]2CC(=O)O. The van der Waals surface area contributed by atoms with Crippen molar-refractivity contribution in [3.8, 4) is 0 Å². The Hall–Kier alpha value is -2.88. The number of aliphatic carboxylic acids is 1. The smallest absolute Gasteiger partial charge is 0.416 e. The van der Waals surface area contributed by atoms with E-state index in [4.69, 9.17) is 0 Å². The summed E-state index contributed by atoms with van der Waals surface area (Å²) in [6.07, 6.45) is -2.01. The molecule has 4 rings (SSSR count). The minimum absolute atomic E-state index is 0.195. The molecule has 0 amide bonds. The summed E-state index contributed by atoms with van der Waals surface area (Å²) in [5.74, 6) is -2.19. The Morgan fingerprint density at radius 1 is 1.21 bits per heavy atom. The number of hydrogen-bond donors (Lipinski definition) is 1. The number of rotatable bonds is 5. The fraction of sp³-hybridized carbons (Fsp3) is 0.375. The van der Waals surface area contributed by atoms with Crippen LogP contribution in [-0.4, -0.2) is 30.3 Å². The lowest BCUT2D eigenvalue weighted by Gasteiger charge is -2.28. The van der Waals surface area contributed by atoms with Crippen LogP contribution in [0, 0.1) is 5.82 Å². The van der Waals surface area contributed by atoms with E-state index in [1.54, 1.807) is 11.5 Å². The Kier molecular flexibility index (Phi) is 6.00. The van der Waals surface area contributed by atoms with Gasteiger partial charge in [-0.2, -0.15) is 13.2 Å². The minimum atomic E-state index is -4.51. The van der Waals surface area contributed by atoms with Crippen molar-refractivity contribution in [1.82, 2.24) is 4.57 Å². The summed E-state index contributed by atoms with van der Waals surface area (Å²) in [7, 11) is -3.88. The van der Waals surface area contributed by atoms with Gasteiger partial charge in [-0.25, -0.2) is 12.8 Å². The molecule has 34 heavy (non-hydrogen) atoms. The second-order valence-electron chi connectivity index (χ2n) is 8.79. The van der Waals surface area contributed by atoms with E-state index >= 15 is 0 Å². The van der Waals surface area contributed by atoms with Crippen LogP contribution in [0.25, 0.3) is 10.9 Å². The van der Waals surface area contributed by atoms with E-state index in [9.17, 15) is 35.9 Å². The monoisotopic (exact) mass is 497 g/mol. The molecule has 0 saturated heterocycles. The standard InChI is InChI=1S/C24H23F4NO4S/c1-13(14-6-8-16(9-7-14)24(26,27)28)29-22-15(10-21(30)31)4-3-5-18(22)19-11-17(25)12-20(23(19)29)34(2,32)33/h6-9,11-13,15H,3-5,10H2,1-2H3,(H,30,31)/t13-,15+/m0/s1. The average Bonchev–Trinajstić information content (AvgIpc) is 3.06. The third kappa shape index (κ3) is 4.31. The van der Waals surface area contributed by atoms with Crippen molar-refractivity contribution in [2.45, 2.75) is 55.6 Å². The van der Waals surface area contributed by atoms with Crippen molar-refractivity contribution in [2.24, 2.45) is 0 Å². The highest BCUT2D eigenvalue weighted by atomic mass is 32.2. The van der Waals surface area contributed by atoms with Crippen LogP contribution in [0.1, 0.15) is 60.5 Å². The number of carboxylic acid groups (broad SMARTS) is 1. The molecule has 1 aliphatic rings. The zero-order chi connectivity index (χ0) is 25.0. The van der Waals surface area contributed by atoms with E-state index in [2.05, 4.69) is 0 Å². The molecule has 0 bridgehead atoms. The maximum absolute atomic E-state index is 14.5. The zero-order valence-electron chi connectivity index (χ0n) is 18.5. The van der Waals surface area contributed by atoms with Crippen molar-refractivity contribution >= 4 is 26.7 Å². The molecule has 1 N–H and O–H groups in total. The van der Waals surface area contributed by atoms with Crippen LogP contribution in [0.5, 0.6) is 0 Å². The van der Waals surface area contributed by atoms with Gasteiger partial charge in [0.15, 0.2) is 9.84 Å². The molecular formula is C24H23F4NO4S. The molecule has 1 heterocycles.